The number of hydrogen-bond donors (Lipinski definition) is 2. The van der Waals surface area contributed by atoms with Gasteiger partial charge in [0, 0.05) is 5.56 Å². The van der Waals surface area contributed by atoms with Crippen molar-refractivity contribution >= 4 is 21.6 Å². The molecule has 0 aliphatic heterocycles. The molecule has 0 bridgehead atoms. The molecule has 5 nitrogen and oxygen atoms in total. The standard InChI is InChI=1S/C27H30N2O3S/c1-3-25(22-14-13-20-9-7-8-10-21(20)18-22)28-27(30)23-15-16-26(19(2)17-23)29-33(31,32)24-11-5-4-6-12-24/h4-6,11-18,25,29H,3,7-10H2,1-2H3,(H,28,30)/t25-/m1/s1. The Labute approximate surface area is 196 Å². The van der Waals surface area contributed by atoms with Gasteiger partial charge >= 0.3 is 0 Å². The lowest BCUT2D eigenvalue weighted by molar-refractivity contribution is 0.0935. The molecule has 3 aromatic rings. The predicted molar refractivity (Wildman–Crippen MR) is 132 cm³/mol. The Bertz CT molecular complexity index is 1250. The molecule has 4 rings (SSSR count). The fraction of sp³-hybridized carbons (Fsp3) is 0.296. The molecule has 2 N–H and O–H groups in total. The summed E-state index contributed by atoms with van der Waals surface area (Å²) in [6, 6.07) is 19.8. The van der Waals surface area contributed by atoms with E-state index in [9.17, 15) is 13.2 Å². The summed E-state index contributed by atoms with van der Waals surface area (Å²) in [6.45, 7) is 3.86. The van der Waals surface area contributed by atoms with Crippen LogP contribution in [0.3, 0.4) is 0 Å². The average Bonchev–Trinajstić information content (AvgIpc) is 2.83. The number of nitrogens with one attached hydrogen (secondary N) is 2. The lowest BCUT2D eigenvalue weighted by Gasteiger charge is -2.22. The topological polar surface area (TPSA) is 75.3 Å². The Balaban J connectivity index is 1.49. The number of carbonyl (C=O) groups is 1. The molecule has 6 heteroatoms. The largest absolute Gasteiger partial charge is 0.345 e. The van der Waals surface area contributed by atoms with Gasteiger partial charge in [-0.3, -0.25) is 9.52 Å². The molecule has 0 unspecified atom stereocenters. The molecule has 0 spiro atoms. The number of benzene rings is 3. The molecule has 1 aliphatic rings. The minimum absolute atomic E-state index is 0.0682. The zero-order chi connectivity index (χ0) is 23.4. The Morgan fingerprint density at radius 3 is 2.36 bits per heavy atom. The molecule has 1 amide bonds. The summed E-state index contributed by atoms with van der Waals surface area (Å²) in [6.07, 6.45) is 5.50. The van der Waals surface area contributed by atoms with E-state index in [2.05, 4.69) is 35.2 Å². The van der Waals surface area contributed by atoms with Crippen molar-refractivity contribution in [2.45, 2.75) is 56.9 Å². The zero-order valence-corrected chi connectivity index (χ0v) is 19.9. The number of hydrogen-bond acceptors (Lipinski definition) is 3. The lowest BCUT2D eigenvalue weighted by Crippen LogP contribution is -2.28. The number of fused-ring (bicyclic) bond motifs is 1. The number of carbonyl (C=O) groups excluding carboxylic acids is 1. The molecule has 33 heavy (non-hydrogen) atoms. The number of anilines is 1. The van der Waals surface area contributed by atoms with Gasteiger partial charge in [-0.2, -0.15) is 0 Å². The molecular weight excluding hydrogens is 432 g/mol. The molecule has 1 aliphatic carbocycles. The molecule has 0 saturated carbocycles. The number of aryl methyl sites for hydroxylation is 3. The first-order valence-corrected chi connectivity index (χ1v) is 13.0. The van der Waals surface area contributed by atoms with Gasteiger partial charge in [0.1, 0.15) is 0 Å². The second kappa shape index (κ2) is 9.79. The third-order valence-corrected chi connectivity index (χ3v) is 7.66. The van der Waals surface area contributed by atoms with Gasteiger partial charge in [-0.1, -0.05) is 43.3 Å². The van der Waals surface area contributed by atoms with Gasteiger partial charge in [0.15, 0.2) is 0 Å². The average molecular weight is 463 g/mol. The van der Waals surface area contributed by atoms with E-state index in [-0.39, 0.29) is 16.8 Å². The Morgan fingerprint density at radius 1 is 0.939 bits per heavy atom. The third-order valence-electron chi connectivity index (χ3n) is 6.27. The SMILES string of the molecule is CC[C@@H](NC(=O)c1ccc(NS(=O)(=O)c2ccccc2)c(C)c1)c1ccc2c(c1)CCCC2. The van der Waals surface area contributed by atoms with Crippen LogP contribution in [-0.4, -0.2) is 14.3 Å². The number of sulfonamides is 1. The number of amides is 1. The van der Waals surface area contributed by atoms with Crippen LogP contribution in [0.4, 0.5) is 5.69 Å². The molecule has 1 atom stereocenters. The quantitative estimate of drug-likeness (QED) is 0.483. The maximum absolute atomic E-state index is 13.0. The van der Waals surface area contributed by atoms with E-state index in [0.29, 0.717) is 16.8 Å². The van der Waals surface area contributed by atoms with Crippen LogP contribution in [0.15, 0.2) is 71.6 Å². The minimum atomic E-state index is -3.69. The monoisotopic (exact) mass is 462 g/mol. The molecule has 3 aromatic carbocycles. The lowest BCUT2D eigenvalue weighted by atomic mass is 9.88. The van der Waals surface area contributed by atoms with E-state index in [1.54, 1.807) is 55.5 Å². The summed E-state index contributed by atoms with van der Waals surface area (Å²) in [4.78, 5) is 13.2. The van der Waals surface area contributed by atoms with E-state index in [1.807, 2.05) is 0 Å². The van der Waals surface area contributed by atoms with Crippen molar-refractivity contribution in [1.29, 1.82) is 0 Å². The predicted octanol–water partition coefficient (Wildman–Crippen LogP) is 5.56. The van der Waals surface area contributed by atoms with Gasteiger partial charge in [0.2, 0.25) is 0 Å². The summed E-state index contributed by atoms with van der Waals surface area (Å²) >= 11 is 0. The molecule has 172 valence electrons. The van der Waals surface area contributed by atoms with Crippen molar-refractivity contribution in [3.8, 4) is 0 Å². The van der Waals surface area contributed by atoms with Gasteiger partial charge < -0.3 is 5.32 Å². The Hall–Kier alpha value is -3.12. The van der Waals surface area contributed by atoms with E-state index in [0.717, 1.165) is 24.8 Å². The first-order valence-electron chi connectivity index (χ1n) is 11.5. The van der Waals surface area contributed by atoms with Crippen molar-refractivity contribution in [3.63, 3.8) is 0 Å². The summed E-state index contributed by atoms with van der Waals surface area (Å²) in [7, 11) is -3.69. The van der Waals surface area contributed by atoms with E-state index in [1.165, 1.54) is 24.0 Å². The van der Waals surface area contributed by atoms with Crippen molar-refractivity contribution in [2.24, 2.45) is 0 Å². The van der Waals surface area contributed by atoms with Crippen LogP contribution in [-0.2, 0) is 22.9 Å². The second-order valence-electron chi connectivity index (χ2n) is 8.62. The fourth-order valence-corrected chi connectivity index (χ4v) is 5.51. The maximum Gasteiger partial charge on any atom is 0.261 e. The van der Waals surface area contributed by atoms with Gasteiger partial charge in [-0.05, 0) is 91.6 Å². The third kappa shape index (κ3) is 5.28. The Morgan fingerprint density at radius 2 is 1.67 bits per heavy atom. The highest BCUT2D eigenvalue weighted by Crippen LogP contribution is 2.27. The van der Waals surface area contributed by atoms with Gasteiger partial charge in [0.05, 0.1) is 16.6 Å². The van der Waals surface area contributed by atoms with Crippen molar-refractivity contribution in [2.75, 3.05) is 4.72 Å². The van der Waals surface area contributed by atoms with Crippen LogP contribution >= 0.6 is 0 Å². The zero-order valence-electron chi connectivity index (χ0n) is 19.1. The molecule has 0 fully saturated rings. The molecule has 0 aromatic heterocycles. The van der Waals surface area contributed by atoms with E-state index in [4.69, 9.17) is 0 Å². The van der Waals surface area contributed by atoms with Crippen LogP contribution in [0, 0.1) is 6.92 Å². The Kier molecular flexibility index (Phi) is 6.84. The molecule has 0 radical (unpaired) electrons. The van der Waals surface area contributed by atoms with E-state index >= 15 is 0 Å². The van der Waals surface area contributed by atoms with Crippen molar-refractivity contribution in [3.05, 3.63) is 94.5 Å². The number of rotatable bonds is 7. The highest BCUT2D eigenvalue weighted by molar-refractivity contribution is 7.92. The van der Waals surface area contributed by atoms with E-state index < -0.39 is 10.0 Å². The van der Waals surface area contributed by atoms with Crippen molar-refractivity contribution in [1.82, 2.24) is 5.32 Å². The molecule has 0 heterocycles. The van der Waals surface area contributed by atoms with Gasteiger partial charge in [-0.15, -0.1) is 0 Å². The first kappa shape index (κ1) is 23.1. The van der Waals surface area contributed by atoms with Crippen molar-refractivity contribution < 1.29 is 13.2 Å². The smallest absolute Gasteiger partial charge is 0.261 e. The maximum atomic E-state index is 13.0. The summed E-state index contributed by atoms with van der Waals surface area (Å²) in [5, 5.41) is 3.15. The molecule has 0 saturated heterocycles. The van der Waals surface area contributed by atoms with Crippen LogP contribution < -0.4 is 10.0 Å². The fourth-order valence-electron chi connectivity index (χ4n) is 4.36. The summed E-state index contributed by atoms with van der Waals surface area (Å²) in [5.41, 5.74) is 5.61. The van der Waals surface area contributed by atoms with Gasteiger partial charge in [-0.25, -0.2) is 8.42 Å². The highest BCUT2D eigenvalue weighted by Gasteiger charge is 2.19. The van der Waals surface area contributed by atoms with Crippen LogP contribution in [0.25, 0.3) is 0 Å². The normalized spacial score (nSPS) is 14.2. The second-order valence-corrected chi connectivity index (χ2v) is 10.3. The van der Waals surface area contributed by atoms with Crippen LogP contribution in [0.1, 0.15) is 64.8 Å². The van der Waals surface area contributed by atoms with Crippen LogP contribution in [0.5, 0.6) is 0 Å². The first-order chi connectivity index (χ1) is 15.9. The highest BCUT2D eigenvalue weighted by atomic mass is 32.2. The van der Waals surface area contributed by atoms with Gasteiger partial charge in [0.25, 0.3) is 15.9 Å². The van der Waals surface area contributed by atoms with Crippen LogP contribution in [0.2, 0.25) is 0 Å². The summed E-state index contributed by atoms with van der Waals surface area (Å²) < 4.78 is 27.9. The summed E-state index contributed by atoms with van der Waals surface area (Å²) in [5.74, 6) is -0.167. The molecular formula is C27H30N2O3S. The minimum Gasteiger partial charge on any atom is -0.345 e.